The Morgan fingerprint density at radius 1 is 1.33 bits per heavy atom. The molecule has 2 nitrogen and oxygen atoms in total. The summed E-state index contributed by atoms with van der Waals surface area (Å²) in [4.78, 5) is 11.7. The van der Waals surface area contributed by atoms with Crippen molar-refractivity contribution in [3.05, 3.63) is 29.6 Å². The summed E-state index contributed by atoms with van der Waals surface area (Å²) in [5.41, 5.74) is -1.02. The quantitative estimate of drug-likeness (QED) is 0.319. The summed E-state index contributed by atoms with van der Waals surface area (Å²) in [7, 11) is 0. The lowest BCUT2D eigenvalue weighted by Gasteiger charge is -2.11. The van der Waals surface area contributed by atoms with Crippen LogP contribution in [0.5, 0.6) is 0 Å². The fourth-order valence-electron chi connectivity index (χ4n) is 1.98. The van der Waals surface area contributed by atoms with Gasteiger partial charge in [0.2, 0.25) is 0 Å². The number of hydrogen-bond donors (Lipinski definition) is 0. The Labute approximate surface area is 144 Å². The molecule has 0 bridgehead atoms. The molecule has 0 amide bonds. The first-order valence-electron chi connectivity index (χ1n) is 7.89. The van der Waals surface area contributed by atoms with Gasteiger partial charge in [0, 0.05) is 10.6 Å². The number of ether oxygens (including phenoxy) is 1. The molecule has 1 unspecified atom stereocenters. The van der Waals surface area contributed by atoms with Crippen LogP contribution in [0.3, 0.4) is 0 Å². The Morgan fingerprint density at radius 3 is 2.62 bits per heavy atom. The SMILES string of the molecule is CCCCC(C)COC(=O)CCSc1ccc(C(F)(F)F)cc1F. The Morgan fingerprint density at radius 2 is 2.04 bits per heavy atom. The molecular weight excluding hydrogens is 344 g/mol. The predicted molar refractivity (Wildman–Crippen MR) is 86.4 cm³/mol. The van der Waals surface area contributed by atoms with Crippen molar-refractivity contribution in [2.24, 2.45) is 5.92 Å². The highest BCUT2D eigenvalue weighted by atomic mass is 32.2. The molecular formula is C17H22F4O2S. The summed E-state index contributed by atoms with van der Waals surface area (Å²) in [5.74, 6) is -0.756. The lowest BCUT2D eigenvalue weighted by Crippen LogP contribution is -2.12. The van der Waals surface area contributed by atoms with Crippen LogP contribution < -0.4 is 0 Å². The molecule has 0 aliphatic rings. The van der Waals surface area contributed by atoms with E-state index in [2.05, 4.69) is 6.92 Å². The van der Waals surface area contributed by atoms with E-state index in [0.29, 0.717) is 18.6 Å². The fourth-order valence-corrected chi connectivity index (χ4v) is 2.83. The molecule has 0 saturated heterocycles. The molecule has 136 valence electrons. The van der Waals surface area contributed by atoms with Gasteiger partial charge in [-0.2, -0.15) is 13.2 Å². The van der Waals surface area contributed by atoms with E-state index >= 15 is 0 Å². The first-order valence-corrected chi connectivity index (χ1v) is 8.87. The van der Waals surface area contributed by atoms with Gasteiger partial charge in [0.05, 0.1) is 18.6 Å². The zero-order chi connectivity index (χ0) is 18.2. The van der Waals surface area contributed by atoms with Crippen LogP contribution >= 0.6 is 11.8 Å². The van der Waals surface area contributed by atoms with E-state index in [4.69, 9.17) is 4.74 Å². The number of thioether (sulfide) groups is 1. The van der Waals surface area contributed by atoms with Crippen LogP contribution in [0.1, 0.15) is 45.1 Å². The van der Waals surface area contributed by atoms with Crippen molar-refractivity contribution in [1.82, 2.24) is 0 Å². The molecule has 24 heavy (non-hydrogen) atoms. The summed E-state index contributed by atoms with van der Waals surface area (Å²) < 4.78 is 56.1. The maximum Gasteiger partial charge on any atom is 0.416 e. The highest BCUT2D eigenvalue weighted by Gasteiger charge is 2.31. The van der Waals surface area contributed by atoms with Gasteiger partial charge >= 0.3 is 12.1 Å². The zero-order valence-electron chi connectivity index (χ0n) is 13.8. The second kappa shape index (κ2) is 9.91. The maximum atomic E-state index is 13.6. The van der Waals surface area contributed by atoms with E-state index in [-0.39, 0.29) is 23.0 Å². The van der Waals surface area contributed by atoms with Crippen molar-refractivity contribution in [3.63, 3.8) is 0 Å². The molecule has 0 aliphatic carbocycles. The first-order chi connectivity index (χ1) is 11.2. The normalized spacial score (nSPS) is 12.9. The van der Waals surface area contributed by atoms with Crippen LogP contribution in [-0.2, 0) is 15.7 Å². The third kappa shape index (κ3) is 7.55. The molecule has 0 saturated carbocycles. The summed E-state index contributed by atoms with van der Waals surface area (Å²) in [6.45, 7) is 4.46. The van der Waals surface area contributed by atoms with E-state index in [9.17, 15) is 22.4 Å². The van der Waals surface area contributed by atoms with E-state index in [1.807, 2.05) is 6.92 Å². The van der Waals surface area contributed by atoms with Crippen molar-refractivity contribution < 1.29 is 27.1 Å². The Kier molecular flexibility index (Phi) is 8.59. The van der Waals surface area contributed by atoms with Gasteiger partial charge in [-0.1, -0.05) is 26.7 Å². The number of hydrogen-bond acceptors (Lipinski definition) is 3. The van der Waals surface area contributed by atoms with E-state index in [0.717, 1.165) is 43.2 Å². The largest absolute Gasteiger partial charge is 0.465 e. The van der Waals surface area contributed by atoms with Crippen molar-refractivity contribution in [1.29, 1.82) is 0 Å². The van der Waals surface area contributed by atoms with Crippen LogP contribution in [0.15, 0.2) is 23.1 Å². The molecule has 0 heterocycles. The highest BCUT2D eigenvalue weighted by Crippen LogP contribution is 2.32. The van der Waals surface area contributed by atoms with Gasteiger partial charge in [0.1, 0.15) is 5.82 Å². The standard InChI is InChI=1S/C17H22F4O2S/c1-3-4-5-12(2)11-23-16(22)8-9-24-15-7-6-13(10-14(15)18)17(19,20)21/h6-7,10,12H,3-5,8-9,11H2,1-2H3. The van der Waals surface area contributed by atoms with Gasteiger partial charge in [0.15, 0.2) is 0 Å². The van der Waals surface area contributed by atoms with Crippen molar-refractivity contribution in [2.45, 2.75) is 50.6 Å². The number of rotatable bonds is 9. The number of alkyl halides is 3. The summed E-state index contributed by atoms with van der Waals surface area (Å²) in [6.07, 6.45) is -1.31. The zero-order valence-corrected chi connectivity index (χ0v) is 14.6. The minimum absolute atomic E-state index is 0.0889. The number of unbranched alkanes of at least 4 members (excludes halogenated alkanes) is 1. The Balaban J connectivity index is 2.35. The molecule has 1 aromatic rings. The molecule has 0 aliphatic heterocycles. The second-order valence-electron chi connectivity index (χ2n) is 5.67. The molecule has 0 aromatic heterocycles. The van der Waals surface area contributed by atoms with Gasteiger partial charge < -0.3 is 4.74 Å². The third-order valence-corrected chi connectivity index (χ3v) is 4.45. The van der Waals surface area contributed by atoms with Crippen LogP contribution in [0, 0.1) is 11.7 Å². The second-order valence-corrected chi connectivity index (χ2v) is 6.81. The van der Waals surface area contributed by atoms with Crippen molar-refractivity contribution in [3.8, 4) is 0 Å². The Bertz CT molecular complexity index is 532. The summed E-state index contributed by atoms with van der Waals surface area (Å²) in [6, 6.07) is 2.39. The molecule has 0 radical (unpaired) electrons. The van der Waals surface area contributed by atoms with Gasteiger partial charge in [-0.25, -0.2) is 4.39 Å². The lowest BCUT2D eigenvalue weighted by molar-refractivity contribution is -0.144. The molecule has 7 heteroatoms. The molecule has 1 atom stereocenters. The van der Waals surface area contributed by atoms with Gasteiger partial charge in [-0.15, -0.1) is 11.8 Å². The van der Waals surface area contributed by atoms with Gasteiger partial charge in [0.25, 0.3) is 0 Å². The number of carbonyl (C=O) groups excluding carboxylic acids is 1. The number of halogens is 4. The fraction of sp³-hybridized carbons (Fsp3) is 0.588. The van der Waals surface area contributed by atoms with Crippen LogP contribution in [0.4, 0.5) is 17.6 Å². The van der Waals surface area contributed by atoms with Crippen molar-refractivity contribution in [2.75, 3.05) is 12.4 Å². The average molecular weight is 366 g/mol. The number of benzene rings is 1. The molecule has 1 aromatic carbocycles. The monoisotopic (exact) mass is 366 g/mol. The van der Waals surface area contributed by atoms with Crippen LogP contribution in [0.25, 0.3) is 0 Å². The van der Waals surface area contributed by atoms with Gasteiger partial charge in [-0.3, -0.25) is 4.79 Å². The average Bonchev–Trinajstić information content (AvgIpc) is 2.51. The summed E-state index contributed by atoms with van der Waals surface area (Å²) >= 11 is 1.000. The predicted octanol–water partition coefficient (Wildman–Crippen LogP) is 5.70. The van der Waals surface area contributed by atoms with E-state index < -0.39 is 17.6 Å². The smallest absolute Gasteiger partial charge is 0.416 e. The topological polar surface area (TPSA) is 26.3 Å². The third-order valence-electron chi connectivity index (χ3n) is 3.40. The van der Waals surface area contributed by atoms with E-state index in [1.165, 1.54) is 0 Å². The maximum absolute atomic E-state index is 13.6. The number of carbonyl (C=O) groups is 1. The number of esters is 1. The van der Waals surface area contributed by atoms with Crippen molar-refractivity contribution >= 4 is 17.7 Å². The summed E-state index contributed by atoms with van der Waals surface area (Å²) in [5, 5.41) is 0. The lowest BCUT2D eigenvalue weighted by atomic mass is 10.1. The van der Waals surface area contributed by atoms with Crippen LogP contribution in [-0.4, -0.2) is 18.3 Å². The first kappa shape index (κ1) is 20.8. The Hall–Kier alpha value is -1.24. The van der Waals surface area contributed by atoms with Gasteiger partial charge in [-0.05, 0) is 30.5 Å². The minimum atomic E-state index is -4.57. The minimum Gasteiger partial charge on any atom is -0.465 e. The van der Waals surface area contributed by atoms with Crippen LogP contribution in [0.2, 0.25) is 0 Å². The highest BCUT2D eigenvalue weighted by molar-refractivity contribution is 7.99. The molecule has 0 N–H and O–H groups in total. The van der Waals surface area contributed by atoms with E-state index in [1.54, 1.807) is 0 Å². The molecule has 1 rings (SSSR count). The molecule has 0 spiro atoms. The molecule has 0 fully saturated rings.